The average Bonchev–Trinajstić information content (AvgIpc) is 2.37. The summed E-state index contributed by atoms with van der Waals surface area (Å²) in [5, 5.41) is 28.9. The van der Waals surface area contributed by atoms with Gasteiger partial charge in [-0.1, -0.05) is 30.4 Å². The molecule has 3 nitrogen and oxygen atoms in total. The molecule has 0 saturated heterocycles. The number of phenols is 2. The Morgan fingerprint density at radius 2 is 1.90 bits per heavy atom. The van der Waals surface area contributed by atoms with Gasteiger partial charge in [0.25, 0.3) is 0 Å². The maximum absolute atomic E-state index is 10.1. The van der Waals surface area contributed by atoms with Gasteiger partial charge in [-0.2, -0.15) is 0 Å². The molecule has 3 N–H and O–H groups in total. The second-order valence-corrected chi connectivity index (χ2v) is 4.84. The quantitative estimate of drug-likeness (QED) is 0.739. The van der Waals surface area contributed by atoms with E-state index in [2.05, 4.69) is 5.92 Å². The summed E-state index contributed by atoms with van der Waals surface area (Å²) < 4.78 is 0. The summed E-state index contributed by atoms with van der Waals surface area (Å²) in [6, 6.07) is 4.38. The first-order valence-electron chi connectivity index (χ1n) is 6.27. The zero-order valence-electron chi connectivity index (χ0n) is 11.0. The van der Waals surface area contributed by atoms with Gasteiger partial charge in [0, 0.05) is 12.5 Å². The van der Waals surface area contributed by atoms with Crippen LogP contribution in [0.15, 0.2) is 48.1 Å². The Morgan fingerprint density at radius 3 is 2.45 bits per heavy atom. The Balaban J connectivity index is 2.09. The smallest absolute Gasteiger partial charge is 0.119 e. The van der Waals surface area contributed by atoms with E-state index in [1.165, 1.54) is 6.07 Å². The van der Waals surface area contributed by atoms with Crippen molar-refractivity contribution in [2.75, 3.05) is 0 Å². The van der Waals surface area contributed by atoms with Crippen molar-refractivity contribution >= 4 is 6.08 Å². The SMILES string of the molecule is C#CCC1(O)C=CC(C=Cc2cc(O)cc(O)c2)=CC1. The van der Waals surface area contributed by atoms with Crippen molar-refractivity contribution in [1.82, 2.24) is 0 Å². The number of hydrogen-bond donors (Lipinski definition) is 3. The van der Waals surface area contributed by atoms with Crippen molar-refractivity contribution in [3.8, 4) is 23.8 Å². The highest BCUT2D eigenvalue weighted by molar-refractivity contribution is 5.58. The van der Waals surface area contributed by atoms with Crippen LogP contribution >= 0.6 is 0 Å². The molecule has 0 bridgehead atoms. The molecule has 0 aromatic heterocycles. The van der Waals surface area contributed by atoms with Gasteiger partial charge >= 0.3 is 0 Å². The maximum atomic E-state index is 10.1. The summed E-state index contributed by atoms with van der Waals surface area (Å²) in [7, 11) is 0. The van der Waals surface area contributed by atoms with Crippen LogP contribution in [0.4, 0.5) is 0 Å². The molecular weight excluding hydrogens is 252 g/mol. The standard InChI is InChI=1S/C17H16O3/c1-2-7-17(20)8-5-13(6-9-17)3-4-14-10-15(18)12-16(19)11-14/h1,3-6,8,10-12,18-20H,7,9H2. The van der Waals surface area contributed by atoms with Crippen LogP contribution in [0.1, 0.15) is 18.4 Å². The predicted octanol–water partition coefficient (Wildman–Crippen LogP) is 2.75. The van der Waals surface area contributed by atoms with Gasteiger partial charge in [-0.15, -0.1) is 12.3 Å². The van der Waals surface area contributed by atoms with Gasteiger partial charge in [0.2, 0.25) is 0 Å². The molecule has 20 heavy (non-hydrogen) atoms. The van der Waals surface area contributed by atoms with E-state index in [1.54, 1.807) is 30.4 Å². The van der Waals surface area contributed by atoms with Crippen LogP contribution in [0.2, 0.25) is 0 Å². The highest BCUT2D eigenvalue weighted by Gasteiger charge is 2.23. The molecule has 1 aromatic carbocycles. The first-order valence-corrected chi connectivity index (χ1v) is 6.27. The van der Waals surface area contributed by atoms with E-state index in [0.29, 0.717) is 12.0 Å². The number of aliphatic hydroxyl groups is 1. The summed E-state index contributed by atoms with van der Waals surface area (Å²) in [6.45, 7) is 0. The largest absolute Gasteiger partial charge is 0.508 e. The normalized spacial score (nSPS) is 21.7. The van der Waals surface area contributed by atoms with Gasteiger partial charge in [0.05, 0.1) is 5.60 Å². The number of hydrogen-bond acceptors (Lipinski definition) is 3. The number of terminal acetylenes is 1. The molecule has 0 amide bonds. The number of allylic oxidation sites excluding steroid dienone is 3. The fraction of sp³-hybridized carbons (Fsp3) is 0.176. The first-order chi connectivity index (χ1) is 9.50. The average molecular weight is 268 g/mol. The van der Waals surface area contributed by atoms with Gasteiger partial charge < -0.3 is 15.3 Å². The van der Waals surface area contributed by atoms with Crippen LogP contribution in [0.3, 0.4) is 0 Å². The highest BCUT2D eigenvalue weighted by Crippen LogP contribution is 2.26. The molecular formula is C17H16O3. The number of aromatic hydroxyl groups is 2. The Bertz CT molecular complexity index is 612. The summed E-state index contributed by atoms with van der Waals surface area (Å²) in [6.07, 6.45) is 15.0. The first kappa shape index (κ1) is 14.0. The highest BCUT2D eigenvalue weighted by atomic mass is 16.3. The van der Waals surface area contributed by atoms with E-state index in [4.69, 9.17) is 6.42 Å². The van der Waals surface area contributed by atoms with Gasteiger partial charge in [0.15, 0.2) is 0 Å². The molecule has 1 aromatic rings. The number of benzene rings is 1. The lowest BCUT2D eigenvalue weighted by atomic mass is 9.89. The summed E-state index contributed by atoms with van der Waals surface area (Å²) in [5.41, 5.74) is 0.686. The number of rotatable bonds is 3. The molecule has 1 aliphatic carbocycles. The van der Waals surface area contributed by atoms with E-state index in [1.807, 2.05) is 12.2 Å². The van der Waals surface area contributed by atoms with Crippen LogP contribution in [-0.2, 0) is 0 Å². The molecule has 1 unspecified atom stereocenters. The lowest BCUT2D eigenvalue weighted by Crippen LogP contribution is -2.25. The Morgan fingerprint density at radius 1 is 1.20 bits per heavy atom. The van der Waals surface area contributed by atoms with Crippen molar-refractivity contribution in [3.63, 3.8) is 0 Å². The molecule has 1 aliphatic rings. The van der Waals surface area contributed by atoms with Crippen molar-refractivity contribution < 1.29 is 15.3 Å². The van der Waals surface area contributed by atoms with Gasteiger partial charge in [-0.25, -0.2) is 0 Å². The molecule has 1 atom stereocenters. The van der Waals surface area contributed by atoms with Crippen molar-refractivity contribution in [3.05, 3.63) is 53.6 Å². The Kier molecular flexibility index (Phi) is 3.97. The molecule has 3 heteroatoms. The van der Waals surface area contributed by atoms with Crippen molar-refractivity contribution in [2.24, 2.45) is 0 Å². The number of phenolic OH excluding ortho intramolecular Hbond substituents is 2. The van der Waals surface area contributed by atoms with Crippen LogP contribution in [0, 0.1) is 12.3 Å². The van der Waals surface area contributed by atoms with E-state index >= 15 is 0 Å². The summed E-state index contributed by atoms with van der Waals surface area (Å²) >= 11 is 0. The van der Waals surface area contributed by atoms with E-state index in [0.717, 1.165) is 5.57 Å². The van der Waals surface area contributed by atoms with Crippen LogP contribution in [0.5, 0.6) is 11.5 Å². The van der Waals surface area contributed by atoms with Gasteiger partial charge in [0.1, 0.15) is 11.5 Å². The zero-order valence-corrected chi connectivity index (χ0v) is 11.0. The predicted molar refractivity (Wildman–Crippen MR) is 79.0 cm³/mol. The third-order valence-corrected chi connectivity index (χ3v) is 3.08. The van der Waals surface area contributed by atoms with Gasteiger partial charge in [-0.3, -0.25) is 0 Å². The minimum absolute atomic E-state index is 0.0150. The minimum Gasteiger partial charge on any atom is -0.508 e. The van der Waals surface area contributed by atoms with Crippen LogP contribution < -0.4 is 0 Å². The molecule has 0 spiro atoms. The van der Waals surface area contributed by atoms with Crippen molar-refractivity contribution in [1.29, 1.82) is 0 Å². The second kappa shape index (κ2) is 5.68. The van der Waals surface area contributed by atoms with Crippen LogP contribution in [-0.4, -0.2) is 20.9 Å². The van der Waals surface area contributed by atoms with Crippen LogP contribution in [0.25, 0.3) is 6.08 Å². The maximum Gasteiger partial charge on any atom is 0.119 e. The van der Waals surface area contributed by atoms with E-state index in [9.17, 15) is 15.3 Å². The monoisotopic (exact) mass is 268 g/mol. The fourth-order valence-corrected chi connectivity index (χ4v) is 2.02. The third kappa shape index (κ3) is 3.53. The second-order valence-electron chi connectivity index (χ2n) is 4.84. The fourth-order valence-electron chi connectivity index (χ4n) is 2.02. The lowest BCUT2D eigenvalue weighted by molar-refractivity contribution is 0.0984. The summed E-state index contributed by atoms with van der Waals surface area (Å²) in [4.78, 5) is 0. The zero-order chi connectivity index (χ0) is 14.6. The van der Waals surface area contributed by atoms with E-state index < -0.39 is 5.60 Å². The topological polar surface area (TPSA) is 60.7 Å². The van der Waals surface area contributed by atoms with E-state index in [-0.39, 0.29) is 17.9 Å². The molecule has 0 radical (unpaired) electrons. The van der Waals surface area contributed by atoms with Gasteiger partial charge in [-0.05, 0) is 29.7 Å². The Hall–Kier alpha value is -2.44. The summed E-state index contributed by atoms with van der Waals surface area (Å²) in [5.74, 6) is 2.49. The van der Waals surface area contributed by atoms with Crippen molar-refractivity contribution in [2.45, 2.75) is 18.4 Å². The molecule has 0 fully saturated rings. The lowest BCUT2D eigenvalue weighted by Gasteiger charge is -2.23. The Labute approximate surface area is 118 Å². The molecule has 0 aliphatic heterocycles. The molecule has 0 saturated carbocycles. The molecule has 102 valence electrons. The molecule has 0 heterocycles. The molecule has 2 rings (SSSR count). The minimum atomic E-state index is -0.949. The third-order valence-electron chi connectivity index (χ3n) is 3.08.